The molecule has 0 radical (unpaired) electrons. The Hall–Kier alpha value is -1.82. The lowest BCUT2D eigenvalue weighted by atomic mass is 10.1. The molecule has 3 aromatic rings. The number of nitrogens with zero attached hydrogens (tertiary/aromatic N) is 2. The lowest BCUT2D eigenvalue weighted by molar-refractivity contribution is 0.385. The van der Waals surface area contributed by atoms with Gasteiger partial charge in [-0.05, 0) is 24.5 Å². The van der Waals surface area contributed by atoms with Gasteiger partial charge in [0.1, 0.15) is 0 Å². The molecule has 0 aliphatic heterocycles. The van der Waals surface area contributed by atoms with Crippen molar-refractivity contribution in [2.45, 2.75) is 30.4 Å². The first kappa shape index (κ1) is 18.5. The molecule has 0 aliphatic carbocycles. The Labute approximate surface area is 152 Å². The van der Waals surface area contributed by atoms with Crippen LogP contribution >= 0.6 is 24.2 Å². The summed E-state index contributed by atoms with van der Waals surface area (Å²) in [6.07, 6.45) is 0.686. The topological polar surface area (TPSA) is 64.9 Å². The van der Waals surface area contributed by atoms with Crippen LogP contribution in [0.1, 0.15) is 28.6 Å². The number of halogens is 1. The van der Waals surface area contributed by atoms with Crippen LogP contribution in [-0.4, -0.2) is 10.2 Å². The van der Waals surface area contributed by atoms with E-state index in [1.165, 1.54) is 22.9 Å². The number of hydrogen-bond acceptors (Lipinski definition) is 5. The molecule has 126 valence electrons. The third-order valence-electron chi connectivity index (χ3n) is 3.48. The van der Waals surface area contributed by atoms with Crippen molar-refractivity contribution in [3.63, 3.8) is 0 Å². The number of rotatable bonds is 6. The smallest absolute Gasteiger partial charge is 0.276 e. The summed E-state index contributed by atoms with van der Waals surface area (Å²) in [5.41, 5.74) is 9.81. The Morgan fingerprint density at radius 1 is 1.04 bits per heavy atom. The van der Waals surface area contributed by atoms with Gasteiger partial charge in [0.05, 0.1) is 6.04 Å². The molecule has 2 N–H and O–H groups in total. The molecule has 6 heteroatoms. The second-order valence-electron chi connectivity index (χ2n) is 5.48. The standard InChI is InChI=1S/C18H19N3OS.ClH/c1-13-6-5-9-15(10-13)12-23-18-21-20-17(22-18)16(19)11-14-7-3-2-4-8-14;/h2-10,16H,11-12,19H2,1H3;1H/t16-;/m0./s1. The fourth-order valence-corrected chi connectivity index (χ4v) is 3.04. The molecular formula is C18H20ClN3OS. The van der Waals surface area contributed by atoms with Crippen molar-refractivity contribution in [1.82, 2.24) is 10.2 Å². The lowest BCUT2D eigenvalue weighted by Gasteiger charge is -2.06. The van der Waals surface area contributed by atoms with Gasteiger partial charge in [0.25, 0.3) is 5.22 Å². The summed E-state index contributed by atoms with van der Waals surface area (Å²) in [4.78, 5) is 0. The van der Waals surface area contributed by atoms with E-state index in [-0.39, 0.29) is 18.4 Å². The van der Waals surface area contributed by atoms with Crippen LogP contribution in [0, 0.1) is 6.92 Å². The van der Waals surface area contributed by atoms with Crippen LogP contribution in [0.15, 0.2) is 64.2 Å². The molecule has 0 aliphatic rings. The van der Waals surface area contributed by atoms with E-state index in [4.69, 9.17) is 10.2 Å². The maximum absolute atomic E-state index is 6.16. The summed E-state index contributed by atoms with van der Waals surface area (Å²) in [6.45, 7) is 2.08. The summed E-state index contributed by atoms with van der Waals surface area (Å²) >= 11 is 1.53. The van der Waals surface area contributed by atoms with Crippen molar-refractivity contribution in [3.05, 3.63) is 77.2 Å². The highest BCUT2D eigenvalue weighted by Gasteiger charge is 2.15. The number of hydrogen-bond donors (Lipinski definition) is 1. The zero-order valence-corrected chi connectivity index (χ0v) is 15.0. The second-order valence-corrected chi connectivity index (χ2v) is 6.41. The van der Waals surface area contributed by atoms with E-state index in [0.717, 1.165) is 11.3 Å². The van der Waals surface area contributed by atoms with Crippen molar-refractivity contribution < 1.29 is 4.42 Å². The highest BCUT2D eigenvalue weighted by Crippen LogP contribution is 2.24. The predicted octanol–water partition coefficient (Wildman–Crippen LogP) is 4.33. The summed E-state index contributed by atoms with van der Waals surface area (Å²) in [6, 6.07) is 18.2. The Kier molecular flexibility index (Phi) is 6.85. The van der Waals surface area contributed by atoms with E-state index in [2.05, 4.69) is 41.4 Å². The van der Waals surface area contributed by atoms with Gasteiger partial charge >= 0.3 is 0 Å². The molecule has 0 unspecified atom stereocenters. The maximum atomic E-state index is 6.16. The first-order valence-electron chi connectivity index (χ1n) is 7.52. The summed E-state index contributed by atoms with van der Waals surface area (Å²) in [5.74, 6) is 1.29. The number of benzene rings is 2. The molecule has 3 rings (SSSR count). The van der Waals surface area contributed by atoms with Crippen molar-refractivity contribution in [1.29, 1.82) is 0 Å². The molecule has 0 saturated heterocycles. The molecule has 0 spiro atoms. The SMILES string of the molecule is Cc1cccc(CSc2nnc([C@@H](N)Cc3ccccc3)o2)c1.Cl. The van der Waals surface area contributed by atoms with Gasteiger partial charge < -0.3 is 10.2 Å². The molecule has 0 amide bonds. The van der Waals surface area contributed by atoms with Gasteiger partial charge in [-0.25, -0.2) is 0 Å². The van der Waals surface area contributed by atoms with Crippen LogP contribution in [0.3, 0.4) is 0 Å². The fraction of sp³-hybridized carbons (Fsp3) is 0.222. The Morgan fingerprint density at radius 3 is 2.54 bits per heavy atom. The third-order valence-corrected chi connectivity index (χ3v) is 4.37. The Balaban J connectivity index is 0.00000208. The summed E-state index contributed by atoms with van der Waals surface area (Å²) in [7, 11) is 0. The molecule has 1 heterocycles. The molecule has 24 heavy (non-hydrogen) atoms. The average Bonchev–Trinajstić information content (AvgIpc) is 3.03. The molecule has 2 aromatic carbocycles. The van der Waals surface area contributed by atoms with Crippen LogP contribution in [0.5, 0.6) is 0 Å². The zero-order valence-electron chi connectivity index (χ0n) is 13.4. The van der Waals surface area contributed by atoms with Gasteiger partial charge in [-0.3, -0.25) is 0 Å². The lowest BCUT2D eigenvalue weighted by Crippen LogP contribution is -2.13. The minimum atomic E-state index is -0.279. The van der Waals surface area contributed by atoms with E-state index < -0.39 is 0 Å². The molecule has 1 aromatic heterocycles. The number of nitrogens with two attached hydrogens (primary N) is 1. The quantitative estimate of drug-likeness (QED) is 0.662. The highest BCUT2D eigenvalue weighted by molar-refractivity contribution is 7.98. The van der Waals surface area contributed by atoms with Gasteiger partial charge in [0.15, 0.2) is 0 Å². The van der Waals surface area contributed by atoms with Crippen LogP contribution in [0.25, 0.3) is 0 Å². The van der Waals surface area contributed by atoms with Gasteiger partial charge in [0.2, 0.25) is 5.89 Å². The van der Waals surface area contributed by atoms with Crippen LogP contribution in [-0.2, 0) is 12.2 Å². The molecule has 0 saturated carbocycles. The minimum Gasteiger partial charge on any atom is -0.414 e. The highest BCUT2D eigenvalue weighted by atomic mass is 35.5. The van der Waals surface area contributed by atoms with Crippen molar-refractivity contribution in [2.24, 2.45) is 5.73 Å². The first-order valence-corrected chi connectivity index (χ1v) is 8.50. The molecule has 0 fully saturated rings. The predicted molar refractivity (Wildman–Crippen MR) is 99.4 cm³/mol. The normalized spacial score (nSPS) is 11.8. The van der Waals surface area contributed by atoms with Crippen molar-refractivity contribution in [2.75, 3.05) is 0 Å². The van der Waals surface area contributed by atoms with Gasteiger partial charge in [0, 0.05) is 5.75 Å². The van der Waals surface area contributed by atoms with Crippen LogP contribution in [0.4, 0.5) is 0 Å². The summed E-state index contributed by atoms with van der Waals surface area (Å²) in [5, 5.41) is 8.72. The van der Waals surface area contributed by atoms with Gasteiger partial charge in [-0.15, -0.1) is 22.6 Å². The number of thioether (sulfide) groups is 1. The van der Waals surface area contributed by atoms with Gasteiger partial charge in [-0.2, -0.15) is 0 Å². The maximum Gasteiger partial charge on any atom is 0.276 e. The van der Waals surface area contributed by atoms with Crippen LogP contribution in [0.2, 0.25) is 0 Å². The van der Waals surface area contributed by atoms with Crippen molar-refractivity contribution in [3.8, 4) is 0 Å². The fourth-order valence-electron chi connectivity index (χ4n) is 2.33. The van der Waals surface area contributed by atoms with E-state index in [1.807, 2.05) is 30.3 Å². The number of aryl methyl sites for hydroxylation is 1. The first-order chi connectivity index (χ1) is 11.2. The zero-order chi connectivity index (χ0) is 16.1. The molecule has 0 bridgehead atoms. The van der Waals surface area contributed by atoms with Crippen molar-refractivity contribution >= 4 is 24.2 Å². The monoisotopic (exact) mass is 361 g/mol. The van der Waals surface area contributed by atoms with Crippen LogP contribution < -0.4 is 5.73 Å². The third kappa shape index (κ3) is 5.09. The van der Waals surface area contributed by atoms with E-state index in [1.54, 1.807) is 0 Å². The Bertz CT molecular complexity index is 764. The second kappa shape index (κ2) is 8.87. The number of aromatic nitrogens is 2. The average molecular weight is 362 g/mol. The summed E-state index contributed by atoms with van der Waals surface area (Å²) < 4.78 is 5.69. The van der Waals surface area contributed by atoms with E-state index >= 15 is 0 Å². The van der Waals surface area contributed by atoms with E-state index in [0.29, 0.717) is 17.5 Å². The minimum absolute atomic E-state index is 0. The molecule has 1 atom stereocenters. The largest absolute Gasteiger partial charge is 0.414 e. The molecular weight excluding hydrogens is 342 g/mol. The molecule has 4 nitrogen and oxygen atoms in total. The Morgan fingerprint density at radius 2 is 1.79 bits per heavy atom. The van der Waals surface area contributed by atoms with E-state index in [9.17, 15) is 0 Å². The van der Waals surface area contributed by atoms with Gasteiger partial charge in [-0.1, -0.05) is 71.9 Å².